The Morgan fingerprint density at radius 1 is 1.18 bits per heavy atom. The molecule has 0 bridgehead atoms. The van der Waals surface area contributed by atoms with Gasteiger partial charge in [0, 0.05) is 24.5 Å². The van der Waals surface area contributed by atoms with E-state index in [-0.39, 0.29) is 36.1 Å². The number of hydrogen-bond acceptors (Lipinski definition) is 6. The number of nitrogens with zero attached hydrogens (tertiary/aromatic N) is 3. The van der Waals surface area contributed by atoms with Gasteiger partial charge in [-0.2, -0.15) is 8.78 Å². The third-order valence-electron chi connectivity index (χ3n) is 5.24. The summed E-state index contributed by atoms with van der Waals surface area (Å²) >= 11 is 1.38. The van der Waals surface area contributed by atoms with Crippen LogP contribution in [0.1, 0.15) is 5.56 Å². The van der Waals surface area contributed by atoms with Crippen LogP contribution < -0.4 is 15.0 Å². The van der Waals surface area contributed by atoms with Crippen molar-refractivity contribution in [3.05, 3.63) is 76.2 Å². The first-order valence-corrected chi connectivity index (χ1v) is 11.1. The molecule has 4 rings (SSSR count). The van der Waals surface area contributed by atoms with Crippen molar-refractivity contribution in [3.8, 4) is 22.6 Å². The molecule has 0 aliphatic carbocycles. The number of thiophene rings is 1. The van der Waals surface area contributed by atoms with Crippen LogP contribution in [-0.2, 0) is 17.9 Å². The SMILES string of the molecule is COc1cc(CN(C)C(=O)Cn2cnc3scc(-c4ccccc4)c3c2=O)ccc1OC(F)F. The second kappa shape index (κ2) is 10.0. The summed E-state index contributed by atoms with van der Waals surface area (Å²) in [6.45, 7) is -2.98. The molecule has 2 aromatic heterocycles. The topological polar surface area (TPSA) is 73.7 Å². The van der Waals surface area contributed by atoms with E-state index in [0.717, 1.165) is 11.1 Å². The summed E-state index contributed by atoms with van der Waals surface area (Å²) in [6.07, 6.45) is 1.38. The number of carbonyl (C=O) groups is 1. The smallest absolute Gasteiger partial charge is 0.387 e. The molecule has 1 amide bonds. The van der Waals surface area contributed by atoms with Crippen LogP contribution in [0.5, 0.6) is 11.5 Å². The van der Waals surface area contributed by atoms with E-state index < -0.39 is 6.61 Å². The number of fused-ring (bicyclic) bond motifs is 1. The number of alkyl halides is 2. The van der Waals surface area contributed by atoms with E-state index in [1.165, 1.54) is 46.4 Å². The Kier molecular flexibility index (Phi) is 6.87. The van der Waals surface area contributed by atoms with E-state index in [4.69, 9.17) is 4.74 Å². The Hall–Kier alpha value is -3.79. The van der Waals surface area contributed by atoms with Gasteiger partial charge in [-0.3, -0.25) is 14.2 Å². The van der Waals surface area contributed by atoms with E-state index in [9.17, 15) is 18.4 Å². The summed E-state index contributed by atoms with van der Waals surface area (Å²) < 4.78 is 35.9. The third kappa shape index (κ3) is 4.91. The number of ether oxygens (including phenoxy) is 2. The number of hydrogen-bond donors (Lipinski definition) is 0. The number of amides is 1. The zero-order valence-electron chi connectivity index (χ0n) is 18.4. The Bertz CT molecular complexity index is 1370. The van der Waals surface area contributed by atoms with Gasteiger partial charge in [0.25, 0.3) is 5.56 Å². The van der Waals surface area contributed by atoms with Crippen molar-refractivity contribution in [3.63, 3.8) is 0 Å². The fraction of sp³-hybridized carbons (Fsp3) is 0.208. The first-order chi connectivity index (χ1) is 16.4. The molecule has 10 heteroatoms. The predicted molar refractivity (Wildman–Crippen MR) is 125 cm³/mol. The van der Waals surface area contributed by atoms with Gasteiger partial charge in [-0.25, -0.2) is 4.98 Å². The molecule has 0 fully saturated rings. The first kappa shape index (κ1) is 23.4. The summed E-state index contributed by atoms with van der Waals surface area (Å²) in [6, 6.07) is 14.0. The molecule has 34 heavy (non-hydrogen) atoms. The Balaban J connectivity index is 1.53. The molecule has 0 aliphatic rings. The van der Waals surface area contributed by atoms with Crippen LogP contribution in [0.2, 0.25) is 0 Å². The zero-order chi connectivity index (χ0) is 24.2. The third-order valence-corrected chi connectivity index (χ3v) is 6.13. The number of aromatic nitrogens is 2. The number of benzene rings is 2. The molecule has 176 valence electrons. The summed E-state index contributed by atoms with van der Waals surface area (Å²) in [4.78, 5) is 32.4. The maximum absolute atomic E-state index is 13.2. The van der Waals surface area contributed by atoms with E-state index >= 15 is 0 Å². The number of halogens is 2. The molecule has 0 atom stereocenters. The average molecular weight is 486 g/mol. The highest BCUT2D eigenvalue weighted by Crippen LogP contribution is 2.31. The normalized spacial score (nSPS) is 11.1. The molecule has 4 aromatic rings. The van der Waals surface area contributed by atoms with Gasteiger partial charge < -0.3 is 14.4 Å². The minimum atomic E-state index is -2.97. The van der Waals surface area contributed by atoms with E-state index in [1.807, 2.05) is 35.7 Å². The van der Waals surface area contributed by atoms with Crippen molar-refractivity contribution < 1.29 is 23.0 Å². The fourth-order valence-electron chi connectivity index (χ4n) is 3.54. The molecular weight excluding hydrogens is 464 g/mol. The van der Waals surface area contributed by atoms with E-state index in [1.54, 1.807) is 13.1 Å². The summed E-state index contributed by atoms with van der Waals surface area (Å²) in [5, 5.41) is 2.37. The lowest BCUT2D eigenvalue weighted by molar-refractivity contribution is -0.131. The summed E-state index contributed by atoms with van der Waals surface area (Å²) in [7, 11) is 2.94. The second-order valence-corrected chi connectivity index (χ2v) is 8.34. The number of carbonyl (C=O) groups excluding carboxylic acids is 1. The zero-order valence-corrected chi connectivity index (χ0v) is 19.2. The summed E-state index contributed by atoms with van der Waals surface area (Å²) in [5.74, 6) is -0.270. The molecule has 7 nitrogen and oxygen atoms in total. The van der Waals surface area contributed by atoms with Crippen molar-refractivity contribution in [1.82, 2.24) is 14.5 Å². The van der Waals surface area contributed by atoms with Crippen LogP contribution in [0, 0.1) is 0 Å². The van der Waals surface area contributed by atoms with Crippen LogP contribution >= 0.6 is 11.3 Å². The Morgan fingerprint density at radius 2 is 1.94 bits per heavy atom. The first-order valence-electron chi connectivity index (χ1n) is 10.2. The maximum Gasteiger partial charge on any atom is 0.387 e. The molecule has 2 aromatic carbocycles. The van der Waals surface area contributed by atoms with Crippen molar-refractivity contribution in [2.45, 2.75) is 19.7 Å². The van der Waals surface area contributed by atoms with Crippen LogP contribution in [-0.4, -0.2) is 41.1 Å². The van der Waals surface area contributed by atoms with Crippen molar-refractivity contribution in [2.75, 3.05) is 14.2 Å². The molecule has 2 heterocycles. The van der Waals surface area contributed by atoms with Crippen molar-refractivity contribution >= 4 is 27.5 Å². The summed E-state index contributed by atoms with van der Waals surface area (Å²) in [5.41, 5.74) is 2.05. The molecule has 0 saturated carbocycles. The van der Waals surface area contributed by atoms with Gasteiger partial charge in [-0.15, -0.1) is 11.3 Å². The standard InChI is InChI=1S/C24H21F2N3O4S/c1-28(11-15-8-9-18(33-24(25)26)19(10-15)32-2)20(30)12-29-14-27-22-21(23(29)31)17(13-34-22)16-6-4-3-5-7-16/h3-10,13-14,24H,11-12H2,1-2H3. The number of likely N-dealkylation sites (N-methyl/N-ethyl adjacent to an activating group) is 1. The molecule has 0 radical (unpaired) electrons. The molecule has 0 unspecified atom stereocenters. The number of rotatable bonds is 8. The predicted octanol–water partition coefficient (Wildman–Crippen LogP) is 4.39. The van der Waals surface area contributed by atoms with Gasteiger partial charge in [-0.05, 0) is 23.3 Å². The quantitative estimate of drug-likeness (QED) is 0.370. The average Bonchev–Trinajstić information content (AvgIpc) is 3.27. The van der Waals surface area contributed by atoms with Crippen molar-refractivity contribution in [1.29, 1.82) is 0 Å². The van der Waals surface area contributed by atoms with Gasteiger partial charge in [0.2, 0.25) is 5.91 Å². The molecule has 0 aliphatic heterocycles. The lowest BCUT2D eigenvalue weighted by Gasteiger charge is -2.19. The van der Waals surface area contributed by atoms with E-state index in [2.05, 4.69) is 9.72 Å². The van der Waals surface area contributed by atoms with Crippen LogP contribution in [0.25, 0.3) is 21.3 Å². The minimum Gasteiger partial charge on any atom is -0.493 e. The van der Waals surface area contributed by atoms with Gasteiger partial charge >= 0.3 is 6.61 Å². The van der Waals surface area contributed by atoms with Gasteiger partial charge in [0.1, 0.15) is 11.4 Å². The molecule has 0 saturated heterocycles. The lowest BCUT2D eigenvalue weighted by Crippen LogP contribution is -2.33. The van der Waals surface area contributed by atoms with Crippen LogP contribution in [0.4, 0.5) is 8.78 Å². The number of methoxy groups -OCH3 is 1. The maximum atomic E-state index is 13.2. The highest BCUT2D eigenvalue weighted by atomic mass is 32.1. The highest BCUT2D eigenvalue weighted by Gasteiger charge is 2.17. The van der Waals surface area contributed by atoms with Crippen LogP contribution in [0.15, 0.2) is 65.0 Å². The Morgan fingerprint density at radius 3 is 2.65 bits per heavy atom. The van der Waals surface area contributed by atoms with Gasteiger partial charge in [0.15, 0.2) is 11.5 Å². The second-order valence-electron chi connectivity index (χ2n) is 7.49. The molecular formula is C24H21F2N3O4S. The van der Waals surface area contributed by atoms with Gasteiger partial charge in [0.05, 0.1) is 18.8 Å². The van der Waals surface area contributed by atoms with Gasteiger partial charge in [-0.1, -0.05) is 36.4 Å². The largest absolute Gasteiger partial charge is 0.493 e. The monoisotopic (exact) mass is 485 g/mol. The minimum absolute atomic E-state index is 0.0915. The molecule has 0 spiro atoms. The van der Waals surface area contributed by atoms with Crippen molar-refractivity contribution in [2.24, 2.45) is 0 Å². The highest BCUT2D eigenvalue weighted by molar-refractivity contribution is 7.17. The lowest BCUT2D eigenvalue weighted by atomic mass is 10.1. The van der Waals surface area contributed by atoms with Crippen LogP contribution in [0.3, 0.4) is 0 Å². The van der Waals surface area contributed by atoms with E-state index in [0.29, 0.717) is 15.8 Å². The fourth-order valence-corrected chi connectivity index (χ4v) is 4.45. The molecule has 0 N–H and O–H groups in total. The Labute approximate surface area is 197 Å².